The Labute approximate surface area is 219 Å². The molecular formula is C29H38N2O6. The number of rotatable bonds is 13. The molecule has 1 saturated heterocycles. The van der Waals surface area contributed by atoms with Gasteiger partial charge in [-0.25, -0.2) is 0 Å². The Bertz CT molecular complexity index is 1130. The van der Waals surface area contributed by atoms with Crippen LogP contribution in [0.4, 0.5) is 0 Å². The lowest BCUT2D eigenvalue weighted by Crippen LogP contribution is -2.33. The number of aliphatic hydroxyl groups is 1. The molecule has 200 valence electrons. The van der Waals surface area contributed by atoms with E-state index in [4.69, 9.17) is 9.47 Å². The number of phenolic OH excluding ortho intramolecular Hbond substituents is 1. The number of benzene rings is 2. The van der Waals surface area contributed by atoms with Gasteiger partial charge in [0.05, 0.1) is 24.8 Å². The van der Waals surface area contributed by atoms with E-state index >= 15 is 0 Å². The van der Waals surface area contributed by atoms with E-state index in [0.717, 1.165) is 26.1 Å². The van der Waals surface area contributed by atoms with Crippen molar-refractivity contribution in [3.05, 3.63) is 59.2 Å². The number of amides is 1. The van der Waals surface area contributed by atoms with Crippen LogP contribution in [0.15, 0.2) is 48.0 Å². The smallest absolute Gasteiger partial charge is 0.295 e. The molecule has 1 aliphatic heterocycles. The average Bonchev–Trinajstić information content (AvgIpc) is 3.16. The van der Waals surface area contributed by atoms with E-state index in [1.807, 2.05) is 6.92 Å². The summed E-state index contributed by atoms with van der Waals surface area (Å²) in [5.74, 6) is -0.873. The van der Waals surface area contributed by atoms with Crippen molar-refractivity contribution >= 4 is 17.4 Å². The third-order valence-corrected chi connectivity index (χ3v) is 6.49. The third kappa shape index (κ3) is 6.43. The van der Waals surface area contributed by atoms with Gasteiger partial charge in [-0.05, 0) is 69.2 Å². The van der Waals surface area contributed by atoms with Crippen molar-refractivity contribution in [2.24, 2.45) is 0 Å². The minimum atomic E-state index is -0.822. The monoisotopic (exact) mass is 510 g/mol. The number of Topliss-reactive ketones (excluding diaryl/α,β-unsaturated/α-hetero) is 1. The van der Waals surface area contributed by atoms with Crippen LogP contribution in [0.25, 0.3) is 5.76 Å². The highest BCUT2D eigenvalue weighted by molar-refractivity contribution is 6.46. The normalized spacial score (nSPS) is 17.0. The van der Waals surface area contributed by atoms with Crippen LogP contribution in [0.5, 0.6) is 17.2 Å². The molecule has 1 atom stereocenters. The first-order chi connectivity index (χ1) is 17.9. The molecule has 0 radical (unpaired) electrons. The number of phenols is 1. The molecule has 1 aliphatic rings. The topological polar surface area (TPSA) is 99.5 Å². The Morgan fingerprint density at radius 1 is 1.03 bits per heavy atom. The van der Waals surface area contributed by atoms with E-state index in [2.05, 4.69) is 18.7 Å². The van der Waals surface area contributed by atoms with Crippen molar-refractivity contribution in [1.29, 1.82) is 0 Å². The van der Waals surface area contributed by atoms with Gasteiger partial charge in [0.2, 0.25) is 0 Å². The Morgan fingerprint density at radius 3 is 2.46 bits per heavy atom. The molecule has 1 heterocycles. The molecule has 1 unspecified atom stereocenters. The fourth-order valence-corrected chi connectivity index (χ4v) is 4.54. The number of likely N-dealkylation sites (tertiary alicyclic amines) is 1. The molecule has 1 amide bonds. The second-order valence-corrected chi connectivity index (χ2v) is 8.91. The van der Waals surface area contributed by atoms with Gasteiger partial charge in [0.15, 0.2) is 11.5 Å². The largest absolute Gasteiger partial charge is 0.507 e. The van der Waals surface area contributed by atoms with Crippen molar-refractivity contribution in [2.75, 3.05) is 39.4 Å². The molecule has 0 saturated carbocycles. The lowest BCUT2D eigenvalue weighted by atomic mass is 9.95. The number of hydrogen-bond acceptors (Lipinski definition) is 7. The molecule has 2 aromatic carbocycles. The molecule has 8 heteroatoms. The number of carbonyl (C=O) groups excluding carboxylic acids is 2. The van der Waals surface area contributed by atoms with Crippen LogP contribution in [0.1, 0.15) is 57.7 Å². The summed E-state index contributed by atoms with van der Waals surface area (Å²) >= 11 is 0. The van der Waals surface area contributed by atoms with E-state index in [9.17, 15) is 19.8 Å². The summed E-state index contributed by atoms with van der Waals surface area (Å²) in [4.78, 5) is 30.3. The van der Waals surface area contributed by atoms with Gasteiger partial charge in [-0.3, -0.25) is 9.59 Å². The molecular weight excluding hydrogens is 472 g/mol. The van der Waals surface area contributed by atoms with Crippen LogP contribution in [-0.4, -0.2) is 71.1 Å². The summed E-state index contributed by atoms with van der Waals surface area (Å²) in [6.07, 6.45) is 1.50. The van der Waals surface area contributed by atoms with Crippen LogP contribution >= 0.6 is 0 Å². The van der Waals surface area contributed by atoms with E-state index < -0.39 is 17.7 Å². The second-order valence-electron chi connectivity index (χ2n) is 8.91. The molecule has 0 bridgehead atoms. The van der Waals surface area contributed by atoms with Gasteiger partial charge in [0.1, 0.15) is 11.5 Å². The number of ketones is 1. The van der Waals surface area contributed by atoms with E-state index in [0.29, 0.717) is 43.1 Å². The maximum absolute atomic E-state index is 13.3. The molecule has 2 aromatic rings. The SMILES string of the molecule is CCCOc1cccc(/C(O)=C2\C(=O)C(=O)N(CCCN(CC)CC)C2c2ccc(O)c(OCC)c2)c1. The fourth-order valence-electron chi connectivity index (χ4n) is 4.54. The highest BCUT2D eigenvalue weighted by Crippen LogP contribution is 2.42. The van der Waals surface area contributed by atoms with Crippen molar-refractivity contribution in [3.8, 4) is 17.2 Å². The molecule has 8 nitrogen and oxygen atoms in total. The van der Waals surface area contributed by atoms with E-state index in [-0.39, 0.29) is 22.8 Å². The molecule has 0 spiro atoms. The van der Waals surface area contributed by atoms with Crippen LogP contribution in [0.2, 0.25) is 0 Å². The summed E-state index contributed by atoms with van der Waals surface area (Å²) in [6, 6.07) is 10.8. The van der Waals surface area contributed by atoms with Crippen LogP contribution < -0.4 is 9.47 Å². The lowest BCUT2D eigenvalue weighted by Gasteiger charge is -2.27. The standard InChI is InChI=1S/C29H38N2O6/c1-5-17-37-22-12-9-11-21(18-22)27(33)25-26(20-13-14-23(32)24(19-20)36-8-4)31(29(35)28(25)34)16-10-15-30(6-2)7-3/h9,11-14,18-19,26,32-33H,5-8,10,15-17H2,1-4H3/b27-25+. The fraction of sp³-hybridized carbons (Fsp3) is 0.448. The lowest BCUT2D eigenvalue weighted by molar-refractivity contribution is -0.140. The number of aliphatic hydroxyl groups excluding tert-OH is 1. The summed E-state index contributed by atoms with van der Waals surface area (Å²) in [7, 11) is 0. The number of nitrogens with zero attached hydrogens (tertiary/aromatic N) is 2. The zero-order valence-corrected chi connectivity index (χ0v) is 22.2. The Hall–Kier alpha value is -3.52. The first-order valence-electron chi connectivity index (χ1n) is 13.1. The quantitative estimate of drug-likeness (QED) is 0.228. The molecule has 3 rings (SSSR count). The van der Waals surface area contributed by atoms with Crippen molar-refractivity contribution in [2.45, 2.75) is 46.6 Å². The van der Waals surface area contributed by atoms with Crippen LogP contribution in [0.3, 0.4) is 0 Å². The van der Waals surface area contributed by atoms with Gasteiger partial charge in [-0.2, -0.15) is 0 Å². The third-order valence-electron chi connectivity index (χ3n) is 6.49. The van der Waals surface area contributed by atoms with E-state index in [1.54, 1.807) is 43.3 Å². The van der Waals surface area contributed by atoms with Gasteiger partial charge < -0.3 is 29.5 Å². The van der Waals surface area contributed by atoms with E-state index in [1.165, 1.54) is 11.0 Å². The minimum absolute atomic E-state index is 0.00798. The zero-order chi connectivity index (χ0) is 26.9. The number of hydrogen-bond donors (Lipinski definition) is 2. The summed E-state index contributed by atoms with van der Waals surface area (Å²) in [5, 5.41) is 21.6. The minimum Gasteiger partial charge on any atom is -0.507 e. The van der Waals surface area contributed by atoms with Crippen molar-refractivity contribution in [3.63, 3.8) is 0 Å². The van der Waals surface area contributed by atoms with Crippen LogP contribution in [-0.2, 0) is 9.59 Å². The molecule has 1 fully saturated rings. The van der Waals surface area contributed by atoms with Gasteiger partial charge >= 0.3 is 0 Å². The van der Waals surface area contributed by atoms with Crippen molar-refractivity contribution in [1.82, 2.24) is 9.80 Å². The van der Waals surface area contributed by atoms with Crippen molar-refractivity contribution < 1.29 is 29.3 Å². The summed E-state index contributed by atoms with van der Waals surface area (Å²) in [5.41, 5.74) is 0.973. The van der Waals surface area contributed by atoms with Crippen LogP contribution in [0, 0.1) is 0 Å². The second kappa shape index (κ2) is 13.1. The summed E-state index contributed by atoms with van der Waals surface area (Å²) < 4.78 is 11.3. The molecule has 0 aromatic heterocycles. The maximum Gasteiger partial charge on any atom is 0.295 e. The number of aromatic hydroxyl groups is 1. The van der Waals surface area contributed by atoms with Gasteiger partial charge in [-0.15, -0.1) is 0 Å². The van der Waals surface area contributed by atoms with Gasteiger partial charge in [-0.1, -0.05) is 39.0 Å². The highest BCUT2D eigenvalue weighted by Gasteiger charge is 2.46. The Kier molecular flexibility index (Phi) is 9.97. The maximum atomic E-state index is 13.3. The summed E-state index contributed by atoms with van der Waals surface area (Å²) in [6.45, 7) is 11.7. The zero-order valence-electron chi connectivity index (χ0n) is 22.2. The molecule has 0 aliphatic carbocycles. The predicted octanol–water partition coefficient (Wildman–Crippen LogP) is 4.73. The number of ether oxygens (including phenoxy) is 2. The van der Waals surface area contributed by atoms with Gasteiger partial charge in [0, 0.05) is 12.1 Å². The highest BCUT2D eigenvalue weighted by atomic mass is 16.5. The predicted molar refractivity (Wildman–Crippen MR) is 143 cm³/mol. The Balaban J connectivity index is 2.08. The first-order valence-corrected chi connectivity index (χ1v) is 13.1. The van der Waals surface area contributed by atoms with Gasteiger partial charge in [0.25, 0.3) is 11.7 Å². The first kappa shape index (κ1) is 28.1. The Morgan fingerprint density at radius 2 is 1.78 bits per heavy atom. The number of carbonyl (C=O) groups is 2. The average molecular weight is 511 g/mol. The molecule has 37 heavy (non-hydrogen) atoms. The molecule has 2 N–H and O–H groups in total.